The van der Waals surface area contributed by atoms with E-state index in [0.717, 1.165) is 18.2 Å². The second kappa shape index (κ2) is 6.12. The number of rotatable bonds is 4. The molecular formula is C14H23N3. The van der Waals surface area contributed by atoms with Crippen molar-refractivity contribution in [1.82, 2.24) is 15.2 Å². The summed E-state index contributed by atoms with van der Waals surface area (Å²) in [6.07, 6.45) is 4.47. The highest BCUT2D eigenvalue weighted by molar-refractivity contribution is 5.03. The second-order valence-electron chi connectivity index (χ2n) is 5.26. The molecule has 17 heavy (non-hydrogen) atoms. The van der Waals surface area contributed by atoms with Gasteiger partial charge in [0, 0.05) is 25.3 Å². The van der Waals surface area contributed by atoms with Gasteiger partial charge in [-0.15, -0.1) is 0 Å². The lowest BCUT2D eigenvalue weighted by Gasteiger charge is -2.31. The summed E-state index contributed by atoms with van der Waals surface area (Å²) in [5.41, 5.74) is 1.16. The van der Waals surface area contributed by atoms with Crippen molar-refractivity contribution in [3.63, 3.8) is 0 Å². The standard InChI is InChI=1S/C14H23N3/c1-12-9-13(6-8-15-12)10-17(2)11-14-5-3-4-7-16-14/h3-5,7,12-13,15H,6,8-11H2,1-2H3. The van der Waals surface area contributed by atoms with Crippen LogP contribution in [0.2, 0.25) is 0 Å². The maximum Gasteiger partial charge on any atom is 0.0543 e. The van der Waals surface area contributed by atoms with Gasteiger partial charge >= 0.3 is 0 Å². The van der Waals surface area contributed by atoms with Gasteiger partial charge in [0.15, 0.2) is 0 Å². The summed E-state index contributed by atoms with van der Waals surface area (Å²) in [5, 5.41) is 3.50. The van der Waals surface area contributed by atoms with Crippen LogP contribution in [0, 0.1) is 5.92 Å². The van der Waals surface area contributed by atoms with Crippen LogP contribution in [-0.2, 0) is 6.54 Å². The molecule has 0 spiro atoms. The van der Waals surface area contributed by atoms with E-state index in [2.05, 4.69) is 41.3 Å². The van der Waals surface area contributed by atoms with Crippen molar-refractivity contribution in [2.24, 2.45) is 5.92 Å². The van der Waals surface area contributed by atoms with Gasteiger partial charge in [-0.25, -0.2) is 0 Å². The van der Waals surface area contributed by atoms with E-state index in [-0.39, 0.29) is 0 Å². The molecule has 1 saturated heterocycles. The normalized spacial score (nSPS) is 25.1. The molecule has 2 unspecified atom stereocenters. The largest absolute Gasteiger partial charge is 0.314 e. The quantitative estimate of drug-likeness (QED) is 0.861. The highest BCUT2D eigenvalue weighted by atomic mass is 15.1. The predicted octanol–water partition coefficient (Wildman–Crippen LogP) is 1.90. The fraction of sp³-hybridized carbons (Fsp3) is 0.643. The van der Waals surface area contributed by atoms with E-state index >= 15 is 0 Å². The Balaban J connectivity index is 1.79. The number of hydrogen-bond acceptors (Lipinski definition) is 3. The minimum Gasteiger partial charge on any atom is -0.314 e. The molecular weight excluding hydrogens is 210 g/mol. The molecule has 1 fully saturated rings. The molecule has 2 rings (SSSR count). The Morgan fingerprint density at radius 3 is 3.06 bits per heavy atom. The van der Waals surface area contributed by atoms with Gasteiger partial charge in [-0.05, 0) is 51.4 Å². The first-order valence-electron chi connectivity index (χ1n) is 6.56. The van der Waals surface area contributed by atoms with Gasteiger partial charge < -0.3 is 10.2 Å². The van der Waals surface area contributed by atoms with Crippen LogP contribution >= 0.6 is 0 Å². The van der Waals surface area contributed by atoms with Gasteiger partial charge in [0.25, 0.3) is 0 Å². The van der Waals surface area contributed by atoms with Crippen LogP contribution in [0.15, 0.2) is 24.4 Å². The number of aromatic nitrogens is 1. The van der Waals surface area contributed by atoms with Crippen molar-refractivity contribution in [2.75, 3.05) is 20.1 Å². The second-order valence-corrected chi connectivity index (χ2v) is 5.26. The molecule has 3 nitrogen and oxygen atoms in total. The Morgan fingerprint density at radius 1 is 1.47 bits per heavy atom. The minimum absolute atomic E-state index is 0.678. The van der Waals surface area contributed by atoms with Crippen molar-refractivity contribution in [3.8, 4) is 0 Å². The highest BCUT2D eigenvalue weighted by Crippen LogP contribution is 2.17. The molecule has 94 valence electrons. The Morgan fingerprint density at radius 2 is 2.35 bits per heavy atom. The maximum absolute atomic E-state index is 4.37. The van der Waals surface area contributed by atoms with E-state index in [9.17, 15) is 0 Å². The van der Waals surface area contributed by atoms with Gasteiger partial charge in [0.1, 0.15) is 0 Å². The first kappa shape index (κ1) is 12.5. The Labute approximate surface area is 104 Å². The molecule has 1 aliphatic heterocycles. The smallest absolute Gasteiger partial charge is 0.0543 e. The molecule has 1 aliphatic rings. The van der Waals surface area contributed by atoms with Crippen molar-refractivity contribution in [3.05, 3.63) is 30.1 Å². The summed E-state index contributed by atoms with van der Waals surface area (Å²) in [4.78, 5) is 6.77. The van der Waals surface area contributed by atoms with E-state index in [1.807, 2.05) is 12.3 Å². The Hall–Kier alpha value is -0.930. The molecule has 1 N–H and O–H groups in total. The fourth-order valence-electron chi connectivity index (χ4n) is 2.67. The van der Waals surface area contributed by atoms with Crippen LogP contribution in [-0.4, -0.2) is 36.1 Å². The fourth-order valence-corrected chi connectivity index (χ4v) is 2.67. The number of pyridine rings is 1. The lowest BCUT2D eigenvalue weighted by atomic mass is 9.93. The van der Waals surface area contributed by atoms with Gasteiger partial charge in [-0.1, -0.05) is 6.07 Å². The van der Waals surface area contributed by atoms with Crippen LogP contribution in [0.25, 0.3) is 0 Å². The van der Waals surface area contributed by atoms with E-state index in [0.29, 0.717) is 6.04 Å². The van der Waals surface area contributed by atoms with Crippen LogP contribution < -0.4 is 5.32 Å². The van der Waals surface area contributed by atoms with Crippen molar-refractivity contribution < 1.29 is 0 Å². The lowest BCUT2D eigenvalue weighted by Crippen LogP contribution is -2.39. The zero-order valence-corrected chi connectivity index (χ0v) is 10.9. The lowest BCUT2D eigenvalue weighted by molar-refractivity contribution is 0.214. The Bertz CT molecular complexity index is 325. The van der Waals surface area contributed by atoms with Gasteiger partial charge in [0.05, 0.1) is 5.69 Å². The third-order valence-electron chi connectivity index (χ3n) is 3.46. The molecule has 0 bridgehead atoms. The summed E-state index contributed by atoms with van der Waals surface area (Å²) >= 11 is 0. The van der Waals surface area contributed by atoms with Crippen LogP contribution in [0.4, 0.5) is 0 Å². The predicted molar refractivity (Wildman–Crippen MR) is 70.8 cm³/mol. The zero-order valence-electron chi connectivity index (χ0n) is 10.9. The Kier molecular flexibility index (Phi) is 4.51. The monoisotopic (exact) mass is 233 g/mol. The zero-order chi connectivity index (χ0) is 12.1. The van der Waals surface area contributed by atoms with Crippen LogP contribution in [0.1, 0.15) is 25.5 Å². The molecule has 0 saturated carbocycles. The van der Waals surface area contributed by atoms with E-state index in [1.54, 1.807) is 0 Å². The van der Waals surface area contributed by atoms with Crippen molar-refractivity contribution in [2.45, 2.75) is 32.4 Å². The molecule has 0 aromatic carbocycles. The van der Waals surface area contributed by atoms with E-state index < -0.39 is 0 Å². The van der Waals surface area contributed by atoms with Crippen LogP contribution in [0.3, 0.4) is 0 Å². The average Bonchev–Trinajstić information content (AvgIpc) is 2.30. The number of nitrogens with one attached hydrogen (secondary N) is 1. The highest BCUT2D eigenvalue weighted by Gasteiger charge is 2.19. The van der Waals surface area contributed by atoms with Crippen LogP contribution in [0.5, 0.6) is 0 Å². The molecule has 0 amide bonds. The molecule has 2 heterocycles. The summed E-state index contributed by atoms with van der Waals surface area (Å²) in [7, 11) is 2.20. The van der Waals surface area contributed by atoms with Gasteiger partial charge in [-0.2, -0.15) is 0 Å². The molecule has 3 heteroatoms. The summed E-state index contributed by atoms with van der Waals surface area (Å²) < 4.78 is 0. The van der Waals surface area contributed by atoms with E-state index in [1.165, 1.54) is 25.9 Å². The SMILES string of the molecule is CC1CC(CN(C)Cc2ccccn2)CCN1. The third kappa shape index (κ3) is 4.10. The third-order valence-corrected chi connectivity index (χ3v) is 3.46. The number of hydrogen-bond donors (Lipinski definition) is 1. The first-order valence-corrected chi connectivity index (χ1v) is 6.56. The summed E-state index contributed by atoms with van der Waals surface area (Å²) in [6.45, 7) is 5.59. The van der Waals surface area contributed by atoms with Gasteiger partial charge in [-0.3, -0.25) is 4.98 Å². The molecule has 1 aromatic heterocycles. The number of nitrogens with zero attached hydrogens (tertiary/aromatic N) is 2. The summed E-state index contributed by atoms with van der Waals surface area (Å²) in [5.74, 6) is 0.833. The number of piperidine rings is 1. The topological polar surface area (TPSA) is 28.2 Å². The summed E-state index contributed by atoms with van der Waals surface area (Å²) in [6, 6.07) is 6.81. The average molecular weight is 233 g/mol. The minimum atomic E-state index is 0.678. The first-order chi connectivity index (χ1) is 8.24. The molecule has 1 aromatic rings. The molecule has 0 aliphatic carbocycles. The maximum atomic E-state index is 4.37. The molecule has 2 atom stereocenters. The van der Waals surface area contributed by atoms with Crippen molar-refractivity contribution in [1.29, 1.82) is 0 Å². The molecule has 0 radical (unpaired) electrons. The van der Waals surface area contributed by atoms with Gasteiger partial charge in [0.2, 0.25) is 0 Å². The van der Waals surface area contributed by atoms with Crippen molar-refractivity contribution >= 4 is 0 Å². The van der Waals surface area contributed by atoms with E-state index in [4.69, 9.17) is 0 Å².